The van der Waals surface area contributed by atoms with Gasteiger partial charge in [0.25, 0.3) is 5.91 Å². The Bertz CT molecular complexity index is 715. The molecule has 0 aliphatic carbocycles. The van der Waals surface area contributed by atoms with Gasteiger partial charge in [-0.2, -0.15) is 0 Å². The lowest BCUT2D eigenvalue weighted by atomic mass is 10.1. The second kappa shape index (κ2) is 8.02. The van der Waals surface area contributed by atoms with E-state index in [2.05, 4.69) is 5.16 Å². The van der Waals surface area contributed by atoms with Gasteiger partial charge < -0.3 is 23.6 Å². The number of likely N-dealkylation sites (tertiary alicyclic amines) is 1. The Kier molecular flexibility index (Phi) is 5.55. The first-order chi connectivity index (χ1) is 12.2. The summed E-state index contributed by atoms with van der Waals surface area (Å²) in [5, 5.41) is 3.88. The van der Waals surface area contributed by atoms with Crippen molar-refractivity contribution < 1.29 is 23.5 Å². The van der Waals surface area contributed by atoms with Crippen molar-refractivity contribution in [2.24, 2.45) is 0 Å². The average Bonchev–Trinajstić information content (AvgIpc) is 3.15. The van der Waals surface area contributed by atoms with Crippen molar-refractivity contribution in [2.45, 2.75) is 25.6 Å². The number of nitrogens with zero attached hydrogens (tertiary/aromatic N) is 2. The van der Waals surface area contributed by atoms with E-state index < -0.39 is 0 Å². The van der Waals surface area contributed by atoms with Gasteiger partial charge in [0.1, 0.15) is 18.1 Å². The summed E-state index contributed by atoms with van der Waals surface area (Å²) in [4.78, 5) is 14.3. The minimum Gasteiger partial charge on any atom is -0.497 e. The van der Waals surface area contributed by atoms with Crippen molar-refractivity contribution in [3.63, 3.8) is 0 Å². The zero-order chi connectivity index (χ0) is 17.6. The maximum atomic E-state index is 12.5. The third kappa shape index (κ3) is 4.30. The van der Waals surface area contributed by atoms with E-state index >= 15 is 0 Å². The van der Waals surface area contributed by atoms with Crippen LogP contribution in [0.4, 0.5) is 0 Å². The average molecular weight is 346 g/mol. The van der Waals surface area contributed by atoms with Crippen molar-refractivity contribution in [3.05, 3.63) is 41.8 Å². The van der Waals surface area contributed by atoms with Gasteiger partial charge in [-0.05, 0) is 25.0 Å². The second-order valence-electron chi connectivity index (χ2n) is 5.90. The molecule has 0 N–H and O–H groups in total. The third-order valence-corrected chi connectivity index (χ3v) is 4.20. The molecule has 25 heavy (non-hydrogen) atoms. The van der Waals surface area contributed by atoms with E-state index in [1.807, 2.05) is 18.2 Å². The van der Waals surface area contributed by atoms with Gasteiger partial charge >= 0.3 is 0 Å². The molecule has 1 aromatic carbocycles. The molecule has 1 fully saturated rings. The highest BCUT2D eigenvalue weighted by Gasteiger charge is 2.26. The molecule has 0 saturated carbocycles. The number of rotatable bonds is 6. The van der Waals surface area contributed by atoms with Gasteiger partial charge in [-0.25, -0.2) is 0 Å². The summed E-state index contributed by atoms with van der Waals surface area (Å²) < 4.78 is 21.4. The molecule has 1 aliphatic heterocycles. The van der Waals surface area contributed by atoms with E-state index in [0.29, 0.717) is 36.0 Å². The number of hydrogen-bond donors (Lipinski definition) is 0. The number of ether oxygens (including phenoxy) is 3. The molecule has 7 nitrogen and oxygen atoms in total. The smallest absolute Gasteiger partial charge is 0.276 e. The van der Waals surface area contributed by atoms with Gasteiger partial charge in [0.05, 0.1) is 13.2 Å². The number of carbonyl (C=O) groups excluding carboxylic acids is 1. The quantitative estimate of drug-likeness (QED) is 0.800. The van der Waals surface area contributed by atoms with Gasteiger partial charge in [0, 0.05) is 32.3 Å². The zero-order valence-electron chi connectivity index (χ0n) is 14.4. The Hall–Kier alpha value is -2.54. The van der Waals surface area contributed by atoms with Gasteiger partial charge in [-0.15, -0.1) is 0 Å². The van der Waals surface area contributed by atoms with Crippen LogP contribution in [0.5, 0.6) is 11.5 Å². The summed E-state index contributed by atoms with van der Waals surface area (Å²) in [5.41, 5.74) is 0.293. The summed E-state index contributed by atoms with van der Waals surface area (Å²) in [6.07, 6.45) is 1.98. The lowest BCUT2D eigenvalue weighted by Crippen LogP contribution is -2.43. The summed E-state index contributed by atoms with van der Waals surface area (Å²) in [6.45, 7) is 1.48. The fraction of sp³-hybridized carbons (Fsp3) is 0.444. The highest BCUT2D eigenvalue weighted by atomic mass is 16.5. The molecule has 1 saturated heterocycles. The molecule has 0 spiro atoms. The predicted molar refractivity (Wildman–Crippen MR) is 89.8 cm³/mol. The van der Waals surface area contributed by atoms with Gasteiger partial charge in [0.2, 0.25) is 0 Å². The van der Waals surface area contributed by atoms with Crippen LogP contribution in [0, 0.1) is 0 Å². The van der Waals surface area contributed by atoms with Gasteiger partial charge in [0.15, 0.2) is 11.5 Å². The standard InChI is InChI=1S/C18H22N2O5/c1-22-13-5-3-6-14(9-13)24-12-16-10-17(19-25-16)18(21)20-8-4-7-15(11-20)23-2/h3,5-6,9-10,15H,4,7-8,11-12H2,1-2H3. The molecule has 1 unspecified atom stereocenters. The second-order valence-corrected chi connectivity index (χ2v) is 5.90. The number of piperidine rings is 1. The number of aromatic nitrogens is 1. The first kappa shape index (κ1) is 17.3. The lowest BCUT2D eigenvalue weighted by molar-refractivity contribution is 0.0263. The minimum absolute atomic E-state index is 0.0838. The fourth-order valence-corrected chi connectivity index (χ4v) is 2.80. The Morgan fingerprint density at radius 3 is 2.96 bits per heavy atom. The highest BCUT2D eigenvalue weighted by molar-refractivity contribution is 5.92. The van der Waals surface area contributed by atoms with Crippen LogP contribution in [-0.4, -0.2) is 49.4 Å². The molecule has 1 atom stereocenters. The van der Waals surface area contributed by atoms with Crippen LogP contribution in [0.2, 0.25) is 0 Å². The van der Waals surface area contributed by atoms with Crippen LogP contribution in [0.25, 0.3) is 0 Å². The fourth-order valence-electron chi connectivity index (χ4n) is 2.80. The number of benzene rings is 1. The summed E-state index contributed by atoms with van der Waals surface area (Å²) in [5.74, 6) is 1.72. The van der Waals surface area contributed by atoms with Crippen LogP contribution < -0.4 is 9.47 Å². The van der Waals surface area contributed by atoms with E-state index in [9.17, 15) is 4.79 Å². The maximum absolute atomic E-state index is 12.5. The molecule has 134 valence electrons. The lowest BCUT2D eigenvalue weighted by Gasteiger charge is -2.31. The van der Waals surface area contributed by atoms with E-state index in [0.717, 1.165) is 12.8 Å². The van der Waals surface area contributed by atoms with E-state index in [-0.39, 0.29) is 18.6 Å². The van der Waals surface area contributed by atoms with E-state index in [1.165, 1.54) is 0 Å². The topological polar surface area (TPSA) is 74.0 Å². The molecule has 2 heterocycles. The number of carbonyl (C=O) groups is 1. The molecule has 1 amide bonds. The Labute approximate surface area is 146 Å². The van der Waals surface area contributed by atoms with E-state index in [1.54, 1.807) is 31.3 Å². The minimum atomic E-state index is -0.141. The van der Waals surface area contributed by atoms with Crippen molar-refractivity contribution in [1.29, 1.82) is 0 Å². The number of methoxy groups -OCH3 is 2. The molecule has 0 bridgehead atoms. The van der Waals surface area contributed by atoms with Crippen LogP contribution in [-0.2, 0) is 11.3 Å². The Morgan fingerprint density at radius 2 is 2.16 bits per heavy atom. The van der Waals surface area contributed by atoms with Crippen LogP contribution in [0.3, 0.4) is 0 Å². The first-order valence-electron chi connectivity index (χ1n) is 8.24. The molecule has 1 aliphatic rings. The Morgan fingerprint density at radius 1 is 1.32 bits per heavy atom. The molecule has 1 aromatic heterocycles. The van der Waals surface area contributed by atoms with Crippen molar-refractivity contribution in [1.82, 2.24) is 10.1 Å². The normalized spacial score (nSPS) is 17.4. The van der Waals surface area contributed by atoms with Crippen molar-refractivity contribution in [3.8, 4) is 11.5 Å². The largest absolute Gasteiger partial charge is 0.497 e. The molecular formula is C18H22N2O5. The molecule has 3 rings (SSSR count). The molecule has 7 heteroatoms. The van der Waals surface area contributed by atoms with E-state index in [4.69, 9.17) is 18.7 Å². The Balaban J connectivity index is 1.59. The third-order valence-electron chi connectivity index (χ3n) is 4.20. The van der Waals surface area contributed by atoms with Crippen molar-refractivity contribution >= 4 is 5.91 Å². The first-order valence-corrected chi connectivity index (χ1v) is 8.24. The van der Waals surface area contributed by atoms with Crippen LogP contribution in [0.15, 0.2) is 34.9 Å². The summed E-state index contributed by atoms with van der Waals surface area (Å²) in [6, 6.07) is 8.90. The van der Waals surface area contributed by atoms with Gasteiger partial charge in [-0.1, -0.05) is 11.2 Å². The summed E-state index contributed by atoms with van der Waals surface area (Å²) in [7, 11) is 3.27. The van der Waals surface area contributed by atoms with Crippen LogP contribution in [0.1, 0.15) is 29.1 Å². The van der Waals surface area contributed by atoms with Crippen LogP contribution >= 0.6 is 0 Å². The van der Waals surface area contributed by atoms with Crippen molar-refractivity contribution in [2.75, 3.05) is 27.3 Å². The number of amides is 1. The molecule has 0 radical (unpaired) electrons. The predicted octanol–water partition coefficient (Wildman–Crippen LogP) is 2.51. The zero-order valence-corrected chi connectivity index (χ0v) is 14.4. The molecule has 2 aromatic rings. The molecular weight excluding hydrogens is 324 g/mol. The monoisotopic (exact) mass is 346 g/mol. The number of hydrogen-bond acceptors (Lipinski definition) is 6. The van der Waals surface area contributed by atoms with Gasteiger partial charge in [-0.3, -0.25) is 4.79 Å². The SMILES string of the molecule is COc1cccc(OCc2cc(C(=O)N3CCCC(OC)C3)no2)c1. The summed E-state index contributed by atoms with van der Waals surface area (Å²) >= 11 is 0. The maximum Gasteiger partial charge on any atom is 0.276 e. The highest BCUT2D eigenvalue weighted by Crippen LogP contribution is 2.20.